The summed E-state index contributed by atoms with van der Waals surface area (Å²) in [7, 11) is -1.56. The molecule has 154 valence electrons. The van der Waals surface area contributed by atoms with E-state index < -0.39 is 8.07 Å². The monoisotopic (exact) mass is 426 g/mol. The van der Waals surface area contributed by atoms with E-state index in [4.69, 9.17) is 0 Å². The first kappa shape index (κ1) is 20.3. The summed E-state index contributed by atoms with van der Waals surface area (Å²) in [6.07, 6.45) is 0. The molecule has 32 heavy (non-hydrogen) atoms. The topological polar surface area (TPSA) is 0 Å². The summed E-state index contributed by atoms with van der Waals surface area (Å²) in [6.45, 7) is 7.29. The second kappa shape index (κ2) is 8.15. The van der Waals surface area contributed by atoms with Gasteiger partial charge in [0.25, 0.3) is 0 Å². The van der Waals surface area contributed by atoms with Crippen LogP contribution >= 0.6 is 0 Å². The summed E-state index contributed by atoms with van der Waals surface area (Å²) in [5, 5.41) is 6.76. The number of hydrogen-bond donors (Lipinski definition) is 0. The fraction of sp³-hybridized carbons (Fsp3) is 0.0968. The van der Waals surface area contributed by atoms with Gasteiger partial charge in [-0.25, -0.2) is 0 Å². The molecule has 0 fully saturated rings. The lowest BCUT2D eigenvalue weighted by molar-refractivity contribution is 1.59. The first-order chi connectivity index (χ1) is 15.5. The van der Waals surface area contributed by atoms with Crippen molar-refractivity contribution >= 4 is 34.8 Å². The Morgan fingerprint density at radius 2 is 0.938 bits per heavy atom. The van der Waals surface area contributed by atoms with E-state index in [0.29, 0.717) is 0 Å². The molecule has 0 saturated carbocycles. The molecular formula is C31H26Si. The van der Waals surface area contributed by atoms with E-state index >= 15 is 0 Å². The molecule has 5 aromatic rings. The molecule has 0 N–H and O–H groups in total. The Bertz CT molecular complexity index is 1420. The van der Waals surface area contributed by atoms with Gasteiger partial charge in [-0.2, -0.15) is 0 Å². The average molecular weight is 427 g/mol. The smallest absolute Gasteiger partial charge is 0.0656 e. The predicted octanol–water partition coefficient (Wildman–Crippen LogP) is 7.61. The van der Waals surface area contributed by atoms with Crippen molar-refractivity contribution in [2.24, 2.45) is 0 Å². The fourth-order valence-corrected chi connectivity index (χ4v) is 6.63. The van der Waals surface area contributed by atoms with E-state index in [1.165, 1.54) is 37.9 Å². The Morgan fingerprint density at radius 3 is 1.47 bits per heavy atom. The highest BCUT2D eigenvalue weighted by atomic mass is 28.3. The zero-order valence-corrected chi connectivity index (χ0v) is 19.8. The van der Waals surface area contributed by atoms with Crippen LogP contribution in [0.15, 0.2) is 103 Å². The van der Waals surface area contributed by atoms with Crippen LogP contribution in [0.2, 0.25) is 19.6 Å². The van der Waals surface area contributed by atoms with Gasteiger partial charge in [0.2, 0.25) is 0 Å². The number of fused-ring (bicyclic) bond motifs is 2. The van der Waals surface area contributed by atoms with Gasteiger partial charge < -0.3 is 0 Å². The predicted molar refractivity (Wildman–Crippen MR) is 142 cm³/mol. The van der Waals surface area contributed by atoms with Gasteiger partial charge in [-0.1, -0.05) is 122 Å². The molecule has 0 bridgehead atoms. The molecule has 0 aliphatic rings. The first-order valence-electron chi connectivity index (χ1n) is 11.1. The molecule has 0 unspecified atom stereocenters. The van der Waals surface area contributed by atoms with E-state index in [2.05, 4.69) is 129 Å². The average Bonchev–Trinajstić information content (AvgIpc) is 2.82. The van der Waals surface area contributed by atoms with E-state index in [-0.39, 0.29) is 0 Å². The standard InChI is InChI=1S/C31H26Si/c1-32(2,3)31-29-15-9-7-13-26(29)28(27-14-8-10-16-30(27)31)22-19-23-17-20-25(21-18-23)24-11-5-4-6-12-24/h4-18,20-21H,1-3H3. The lowest BCUT2D eigenvalue weighted by Gasteiger charge is -2.23. The highest BCUT2D eigenvalue weighted by Crippen LogP contribution is 2.29. The maximum Gasteiger partial charge on any atom is 0.0792 e. The molecule has 0 saturated heterocycles. The Hall–Kier alpha value is -3.60. The molecule has 0 nitrogen and oxygen atoms in total. The Kier molecular flexibility index (Phi) is 5.17. The second-order valence-corrected chi connectivity index (χ2v) is 14.3. The van der Waals surface area contributed by atoms with Crippen LogP contribution in [0, 0.1) is 11.8 Å². The van der Waals surface area contributed by atoms with Crippen molar-refractivity contribution in [1.82, 2.24) is 0 Å². The van der Waals surface area contributed by atoms with Crippen LogP contribution in [-0.2, 0) is 0 Å². The minimum Gasteiger partial charge on any atom is -0.0656 e. The van der Waals surface area contributed by atoms with Gasteiger partial charge in [0, 0.05) is 11.1 Å². The van der Waals surface area contributed by atoms with Gasteiger partial charge >= 0.3 is 0 Å². The first-order valence-corrected chi connectivity index (χ1v) is 14.6. The SMILES string of the molecule is C[Si](C)(C)c1c2ccccc2c(C#Cc2ccc(-c3ccccc3)cc2)c2ccccc12. The van der Waals surface area contributed by atoms with Crippen LogP contribution in [0.3, 0.4) is 0 Å². The van der Waals surface area contributed by atoms with E-state index in [1.54, 1.807) is 0 Å². The molecule has 0 radical (unpaired) electrons. The summed E-state index contributed by atoms with van der Waals surface area (Å²) in [6, 6.07) is 36.6. The summed E-state index contributed by atoms with van der Waals surface area (Å²) < 4.78 is 0. The normalized spacial score (nSPS) is 11.3. The van der Waals surface area contributed by atoms with Crippen LogP contribution in [0.25, 0.3) is 32.7 Å². The molecular weight excluding hydrogens is 400 g/mol. The third kappa shape index (κ3) is 3.75. The minimum absolute atomic E-state index is 1.03. The van der Waals surface area contributed by atoms with Crippen molar-refractivity contribution < 1.29 is 0 Å². The summed E-state index contributed by atoms with van der Waals surface area (Å²) in [4.78, 5) is 0. The minimum atomic E-state index is -1.56. The third-order valence-electron chi connectivity index (χ3n) is 6.01. The van der Waals surface area contributed by atoms with Gasteiger partial charge in [-0.05, 0) is 50.0 Å². The molecule has 0 atom stereocenters. The van der Waals surface area contributed by atoms with Crippen LogP contribution in [-0.4, -0.2) is 8.07 Å². The van der Waals surface area contributed by atoms with Gasteiger partial charge in [0.1, 0.15) is 0 Å². The zero-order valence-electron chi connectivity index (χ0n) is 18.8. The van der Waals surface area contributed by atoms with Gasteiger partial charge in [-0.3, -0.25) is 0 Å². The van der Waals surface area contributed by atoms with Crippen LogP contribution in [0.5, 0.6) is 0 Å². The Balaban J connectivity index is 1.67. The molecule has 0 amide bonds. The van der Waals surface area contributed by atoms with Crippen LogP contribution < -0.4 is 5.19 Å². The largest absolute Gasteiger partial charge is 0.0792 e. The highest BCUT2D eigenvalue weighted by molar-refractivity contribution is 6.92. The van der Waals surface area contributed by atoms with Crippen LogP contribution in [0.4, 0.5) is 0 Å². The van der Waals surface area contributed by atoms with Gasteiger partial charge in [0.05, 0.1) is 8.07 Å². The molecule has 0 spiro atoms. The summed E-state index contributed by atoms with van der Waals surface area (Å²) in [5.74, 6) is 6.99. The highest BCUT2D eigenvalue weighted by Gasteiger charge is 2.23. The lowest BCUT2D eigenvalue weighted by Crippen LogP contribution is -2.39. The Labute approximate surface area is 191 Å². The summed E-state index contributed by atoms with van der Waals surface area (Å²) >= 11 is 0. The molecule has 1 heteroatoms. The zero-order chi connectivity index (χ0) is 22.1. The van der Waals surface area contributed by atoms with Crippen molar-refractivity contribution in [2.75, 3.05) is 0 Å². The molecule has 0 aromatic heterocycles. The molecule has 5 aromatic carbocycles. The third-order valence-corrected chi connectivity index (χ3v) is 8.04. The number of hydrogen-bond acceptors (Lipinski definition) is 0. The Morgan fingerprint density at radius 1 is 0.469 bits per heavy atom. The molecule has 0 aliphatic carbocycles. The van der Waals surface area contributed by atoms with Crippen molar-refractivity contribution in [2.45, 2.75) is 19.6 Å². The molecule has 0 aliphatic heterocycles. The van der Waals surface area contributed by atoms with Crippen LogP contribution in [0.1, 0.15) is 11.1 Å². The quantitative estimate of drug-likeness (QED) is 0.155. The van der Waals surface area contributed by atoms with E-state index in [0.717, 1.165) is 11.1 Å². The van der Waals surface area contributed by atoms with Crippen molar-refractivity contribution in [3.63, 3.8) is 0 Å². The van der Waals surface area contributed by atoms with Gasteiger partial charge in [-0.15, -0.1) is 0 Å². The van der Waals surface area contributed by atoms with E-state index in [1.807, 2.05) is 6.07 Å². The molecule has 0 heterocycles. The lowest BCUT2D eigenvalue weighted by atomic mass is 9.96. The van der Waals surface area contributed by atoms with Gasteiger partial charge in [0.15, 0.2) is 0 Å². The second-order valence-electron chi connectivity index (χ2n) is 9.28. The van der Waals surface area contributed by atoms with Crippen molar-refractivity contribution in [3.05, 3.63) is 114 Å². The summed E-state index contributed by atoms with van der Waals surface area (Å²) in [5.41, 5.74) is 4.61. The van der Waals surface area contributed by atoms with Crippen molar-refractivity contribution in [3.8, 4) is 23.0 Å². The number of rotatable bonds is 2. The maximum absolute atomic E-state index is 3.55. The van der Waals surface area contributed by atoms with Crippen molar-refractivity contribution in [1.29, 1.82) is 0 Å². The number of benzene rings is 5. The molecule has 5 rings (SSSR count). The maximum atomic E-state index is 3.55. The van der Waals surface area contributed by atoms with E-state index in [9.17, 15) is 0 Å². The fourth-order valence-electron chi connectivity index (χ4n) is 4.58.